The Morgan fingerprint density at radius 1 is 0.778 bits per heavy atom. The molecule has 0 radical (unpaired) electrons. The van der Waals surface area contributed by atoms with Crippen molar-refractivity contribution >= 4 is 5.69 Å². The molecule has 11 heteroatoms. The largest absolute Gasteiger partial charge is 0.385 e. The van der Waals surface area contributed by atoms with Gasteiger partial charge in [0.1, 0.15) is 0 Å². The Morgan fingerprint density at radius 3 is 1.48 bits per heavy atom. The van der Waals surface area contributed by atoms with Crippen LogP contribution < -0.4 is 4.90 Å². The molecule has 1 atom stereocenters. The van der Waals surface area contributed by atoms with Gasteiger partial charge in [-0.05, 0) is 24.6 Å². The maximum atomic E-state index is 14.6. The second-order valence-electron chi connectivity index (χ2n) is 6.99. The van der Waals surface area contributed by atoms with Gasteiger partial charge in [-0.1, -0.05) is 12.1 Å². The van der Waals surface area contributed by atoms with Crippen molar-refractivity contribution in [1.82, 2.24) is 0 Å². The van der Waals surface area contributed by atoms with E-state index in [-0.39, 0.29) is 0 Å². The molecule has 2 rings (SSSR count). The molecular weight excluding hydrogens is 393 g/mol. The third-order valence-electron chi connectivity index (χ3n) is 4.77. The van der Waals surface area contributed by atoms with Gasteiger partial charge in [-0.2, -0.15) is 35.1 Å². The van der Waals surface area contributed by atoms with Crippen molar-refractivity contribution in [2.45, 2.75) is 48.3 Å². The van der Waals surface area contributed by atoms with Crippen molar-refractivity contribution in [2.24, 2.45) is 0 Å². The molecule has 1 unspecified atom stereocenters. The first-order valence-electron chi connectivity index (χ1n) is 7.57. The molecule has 1 aliphatic carbocycles. The number of benzene rings is 1. The molecule has 0 saturated heterocycles. The van der Waals surface area contributed by atoms with E-state index >= 15 is 0 Å². The summed E-state index contributed by atoms with van der Waals surface area (Å²) in [5.41, 5.74) is -8.44. The number of aliphatic hydroxyl groups is 1. The molecule has 1 aromatic rings. The molecule has 0 aromatic heterocycles. The monoisotopic (exact) mass is 409 g/mol. The minimum atomic E-state index is -6.65. The van der Waals surface area contributed by atoms with E-state index in [2.05, 4.69) is 0 Å². The molecular formula is C16H16F9NO. The van der Waals surface area contributed by atoms with Crippen molar-refractivity contribution in [1.29, 1.82) is 0 Å². The first-order valence-corrected chi connectivity index (χ1v) is 7.57. The minimum absolute atomic E-state index is 0.393. The molecule has 0 amide bonds. The van der Waals surface area contributed by atoms with E-state index in [1.165, 1.54) is 12.1 Å². The predicted molar refractivity (Wildman–Crippen MR) is 78.6 cm³/mol. The van der Waals surface area contributed by atoms with Crippen LogP contribution in [-0.2, 0) is 5.60 Å². The van der Waals surface area contributed by atoms with Crippen LogP contribution >= 0.6 is 0 Å². The summed E-state index contributed by atoms with van der Waals surface area (Å²) in [6, 6.07) is 4.73. The summed E-state index contributed by atoms with van der Waals surface area (Å²) >= 11 is 0. The molecule has 1 aliphatic rings. The van der Waals surface area contributed by atoms with Crippen molar-refractivity contribution < 1.29 is 44.6 Å². The molecule has 154 valence electrons. The van der Waals surface area contributed by atoms with Crippen molar-refractivity contribution in [3.05, 3.63) is 29.8 Å². The van der Waals surface area contributed by atoms with Crippen molar-refractivity contribution in [3.63, 3.8) is 0 Å². The average Bonchev–Trinajstić information content (AvgIpc) is 2.57. The summed E-state index contributed by atoms with van der Waals surface area (Å²) in [5, 5.41) is 10.2. The van der Waals surface area contributed by atoms with E-state index in [1.807, 2.05) is 0 Å². The fourth-order valence-electron chi connectivity index (χ4n) is 3.01. The van der Waals surface area contributed by atoms with Crippen LogP contribution in [0.4, 0.5) is 45.2 Å². The highest BCUT2D eigenvalue weighted by atomic mass is 19.4. The summed E-state index contributed by atoms with van der Waals surface area (Å²) in [4.78, 5) is 1.58. The van der Waals surface area contributed by atoms with Gasteiger partial charge in [0, 0.05) is 26.2 Å². The smallest absolute Gasteiger partial charge is 0.381 e. The highest BCUT2D eigenvalue weighted by molar-refractivity contribution is 5.47. The van der Waals surface area contributed by atoms with Crippen LogP contribution in [0.3, 0.4) is 0 Å². The molecule has 1 N–H and O–H groups in total. The van der Waals surface area contributed by atoms with Gasteiger partial charge in [0.25, 0.3) is 5.67 Å². The van der Waals surface area contributed by atoms with Crippen LogP contribution in [0.1, 0.15) is 18.9 Å². The van der Waals surface area contributed by atoms with Crippen LogP contribution in [-0.4, -0.2) is 48.6 Å². The van der Waals surface area contributed by atoms with E-state index in [9.17, 15) is 44.6 Å². The first-order chi connectivity index (χ1) is 11.9. The zero-order valence-corrected chi connectivity index (χ0v) is 14.3. The SMILES string of the molecule is CN(C)c1ccc(C(C)(O)CC2(F)C(F)(F)C(F)(F)C(F)(F)C2(F)F)cc1. The van der Waals surface area contributed by atoms with Crippen LogP contribution in [0.5, 0.6) is 0 Å². The fourth-order valence-corrected chi connectivity index (χ4v) is 3.01. The van der Waals surface area contributed by atoms with Gasteiger partial charge in [0.15, 0.2) is 0 Å². The van der Waals surface area contributed by atoms with Gasteiger partial charge >= 0.3 is 23.7 Å². The summed E-state index contributed by atoms with van der Waals surface area (Å²) in [6.45, 7) is 0.597. The van der Waals surface area contributed by atoms with Gasteiger partial charge in [-0.25, -0.2) is 4.39 Å². The van der Waals surface area contributed by atoms with E-state index in [0.29, 0.717) is 12.6 Å². The van der Waals surface area contributed by atoms with Gasteiger partial charge in [0.05, 0.1) is 5.60 Å². The number of rotatable bonds is 4. The number of hydrogen-bond acceptors (Lipinski definition) is 2. The Hall–Kier alpha value is -1.65. The third kappa shape index (κ3) is 2.53. The molecule has 2 nitrogen and oxygen atoms in total. The summed E-state index contributed by atoms with van der Waals surface area (Å²) in [6.07, 6.45) is -2.38. The minimum Gasteiger partial charge on any atom is -0.385 e. The zero-order chi connectivity index (χ0) is 21.3. The zero-order valence-electron chi connectivity index (χ0n) is 14.3. The van der Waals surface area contributed by atoms with Crippen LogP contribution in [0, 0.1) is 0 Å². The normalized spacial score (nSPS) is 26.4. The number of halogens is 9. The Kier molecular flexibility index (Phi) is 4.55. The number of hydrogen-bond donors (Lipinski definition) is 1. The van der Waals surface area contributed by atoms with E-state index in [1.54, 1.807) is 19.0 Å². The molecule has 0 bridgehead atoms. The second-order valence-corrected chi connectivity index (χ2v) is 6.99. The summed E-state index contributed by atoms with van der Waals surface area (Å²) in [5.74, 6) is -26.2. The summed E-state index contributed by atoms with van der Waals surface area (Å²) in [7, 11) is 3.24. The van der Waals surface area contributed by atoms with Crippen LogP contribution in [0.25, 0.3) is 0 Å². The molecule has 0 aliphatic heterocycles. The number of alkyl halides is 9. The third-order valence-corrected chi connectivity index (χ3v) is 4.77. The number of nitrogens with zero attached hydrogens (tertiary/aromatic N) is 1. The maximum Gasteiger partial charge on any atom is 0.381 e. The quantitative estimate of drug-likeness (QED) is 0.735. The van der Waals surface area contributed by atoms with Crippen LogP contribution in [0.15, 0.2) is 24.3 Å². The lowest BCUT2D eigenvalue weighted by Crippen LogP contribution is -2.57. The Balaban J connectivity index is 2.52. The number of anilines is 1. The highest BCUT2D eigenvalue weighted by Crippen LogP contribution is 2.70. The molecule has 1 fully saturated rings. The van der Waals surface area contributed by atoms with Crippen molar-refractivity contribution in [3.8, 4) is 0 Å². The molecule has 0 heterocycles. The van der Waals surface area contributed by atoms with E-state index < -0.39 is 46.9 Å². The van der Waals surface area contributed by atoms with Gasteiger partial charge in [0.2, 0.25) is 0 Å². The van der Waals surface area contributed by atoms with Gasteiger partial charge < -0.3 is 10.0 Å². The topological polar surface area (TPSA) is 23.5 Å². The molecule has 1 aromatic carbocycles. The van der Waals surface area contributed by atoms with E-state index in [0.717, 1.165) is 12.1 Å². The summed E-state index contributed by atoms with van der Waals surface area (Å²) < 4.78 is 123. The average molecular weight is 409 g/mol. The maximum absolute atomic E-state index is 14.6. The van der Waals surface area contributed by atoms with E-state index in [4.69, 9.17) is 0 Å². The van der Waals surface area contributed by atoms with Gasteiger partial charge in [-0.3, -0.25) is 0 Å². The molecule has 1 saturated carbocycles. The van der Waals surface area contributed by atoms with Crippen LogP contribution in [0.2, 0.25) is 0 Å². The second kappa shape index (κ2) is 5.68. The molecule has 27 heavy (non-hydrogen) atoms. The lowest BCUT2D eigenvalue weighted by Gasteiger charge is -2.37. The Labute approximate surface area is 148 Å². The fraction of sp³-hybridized carbons (Fsp3) is 0.625. The van der Waals surface area contributed by atoms with Gasteiger partial charge in [-0.15, -0.1) is 0 Å². The predicted octanol–water partition coefficient (Wildman–Crippen LogP) is 4.61. The lowest BCUT2D eigenvalue weighted by atomic mass is 9.80. The Bertz CT molecular complexity index is 687. The lowest BCUT2D eigenvalue weighted by molar-refractivity contribution is -0.303. The first kappa shape index (κ1) is 21.6. The van der Waals surface area contributed by atoms with Crippen molar-refractivity contribution in [2.75, 3.05) is 19.0 Å². The highest BCUT2D eigenvalue weighted by Gasteiger charge is 3.00. The standard InChI is InChI=1S/C16H16F9NO/c1-11(27,9-4-6-10(7-5-9)26(2)3)8-12(17)13(18,19)15(22,23)16(24,25)14(12,20)21/h4-7,27H,8H2,1-3H3. The molecule has 0 spiro atoms. The Morgan fingerprint density at radius 2 is 1.15 bits per heavy atom.